The van der Waals surface area contributed by atoms with Gasteiger partial charge in [0.05, 0.1) is 0 Å². The Balaban J connectivity index is 2.23. The van der Waals surface area contributed by atoms with E-state index < -0.39 is 42.3 Å². The maximum Gasteiger partial charge on any atom is 0.377 e. The Bertz CT molecular complexity index is 402. The highest BCUT2D eigenvalue weighted by Crippen LogP contribution is 2.21. The van der Waals surface area contributed by atoms with Crippen molar-refractivity contribution in [1.29, 1.82) is 0 Å². The Kier molecular flexibility index (Phi) is 7.01. The van der Waals surface area contributed by atoms with Crippen LogP contribution in [0.25, 0.3) is 0 Å². The molecular formula is C14H22O7. The molecule has 7 heteroatoms. The molecule has 0 radical (unpaired) electrons. The van der Waals surface area contributed by atoms with E-state index in [0.717, 1.165) is 32.1 Å². The van der Waals surface area contributed by atoms with E-state index in [-0.39, 0.29) is 6.42 Å². The molecule has 0 fully saturated rings. The molecule has 1 rings (SSSR count). The second-order valence-corrected chi connectivity index (χ2v) is 4.97. The molecule has 0 unspecified atom stereocenters. The van der Waals surface area contributed by atoms with Crippen LogP contribution in [-0.2, 0) is 19.1 Å². The third-order valence-corrected chi connectivity index (χ3v) is 3.19. The molecule has 1 aliphatic heterocycles. The van der Waals surface area contributed by atoms with E-state index in [1.807, 2.05) is 0 Å². The van der Waals surface area contributed by atoms with Crippen molar-refractivity contribution in [2.45, 2.75) is 57.7 Å². The van der Waals surface area contributed by atoms with Gasteiger partial charge in [-0.3, -0.25) is 4.79 Å². The number of carbonyl (C=O) groups excluding carboxylic acids is 2. The van der Waals surface area contributed by atoms with Crippen LogP contribution in [0.3, 0.4) is 0 Å². The van der Waals surface area contributed by atoms with Crippen molar-refractivity contribution < 1.29 is 34.4 Å². The lowest BCUT2D eigenvalue weighted by atomic mass is 10.1. The van der Waals surface area contributed by atoms with Crippen LogP contribution in [0, 0.1) is 0 Å². The van der Waals surface area contributed by atoms with Gasteiger partial charge in [-0.2, -0.15) is 0 Å². The molecule has 0 saturated carbocycles. The molecule has 1 heterocycles. The first-order chi connectivity index (χ1) is 9.97. The lowest BCUT2D eigenvalue weighted by Crippen LogP contribution is -2.33. The number of unbranched alkanes of at least 4 members (excludes halogenated alkanes) is 4. The van der Waals surface area contributed by atoms with Crippen molar-refractivity contribution in [3.8, 4) is 0 Å². The Hall–Kier alpha value is -1.76. The van der Waals surface area contributed by atoms with Crippen LogP contribution in [0.4, 0.5) is 0 Å². The largest absolute Gasteiger partial charge is 0.505 e. The van der Waals surface area contributed by atoms with Gasteiger partial charge in [0.2, 0.25) is 5.76 Å². The zero-order chi connectivity index (χ0) is 15.8. The van der Waals surface area contributed by atoms with Gasteiger partial charge in [-0.25, -0.2) is 4.79 Å². The van der Waals surface area contributed by atoms with Gasteiger partial charge in [-0.15, -0.1) is 0 Å². The first kappa shape index (κ1) is 17.3. The first-order valence-corrected chi connectivity index (χ1v) is 7.14. The van der Waals surface area contributed by atoms with Crippen molar-refractivity contribution in [2.75, 3.05) is 6.61 Å². The Morgan fingerprint density at radius 2 is 1.95 bits per heavy atom. The van der Waals surface area contributed by atoms with E-state index in [2.05, 4.69) is 11.7 Å². The topological polar surface area (TPSA) is 113 Å². The normalized spacial score (nSPS) is 19.5. The minimum Gasteiger partial charge on any atom is -0.505 e. The highest BCUT2D eigenvalue weighted by molar-refractivity contribution is 5.89. The van der Waals surface area contributed by atoms with Crippen LogP contribution >= 0.6 is 0 Å². The third kappa shape index (κ3) is 5.26. The van der Waals surface area contributed by atoms with Crippen molar-refractivity contribution >= 4 is 11.9 Å². The maximum atomic E-state index is 11.4. The number of rotatable bonds is 9. The summed E-state index contributed by atoms with van der Waals surface area (Å²) in [6.07, 6.45) is 2.45. The summed E-state index contributed by atoms with van der Waals surface area (Å²) in [7, 11) is 0. The van der Waals surface area contributed by atoms with Gasteiger partial charge < -0.3 is 24.8 Å². The summed E-state index contributed by atoms with van der Waals surface area (Å²) >= 11 is 0. The maximum absolute atomic E-state index is 11.4. The van der Waals surface area contributed by atoms with E-state index in [4.69, 9.17) is 9.84 Å². The predicted octanol–water partition coefficient (Wildman–Crippen LogP) is 1.50. The number of cyclic esters (lactones) is 1. The second kappa shape index (κ2) is 8.51. The summed E-state index contributed by atoms with van der Waals surface area (Å²) in [5, 5.41) is 28.1. The molecule has 0 aromatic carbocycles. The monoisotopic (exact) mass is 302 g/mol. The molecule has 0 aliphatic carbocycles. The third-order valence-electron chi connectivity index (χ3n) is 3.19. The van der Waals surface area contributed by atoms with Gasteiger partial charge >= 0.3 is 11.9 Å². The van der Waals surface area contributed by atoms with Crippen molar-refractivity contribution in [2.24, 2.45) is 0 Å². The fourth-order valence-corrected chi connectivity index (χ4v) is 1.94. The summed E-state index contributed by atoms with van der Waals surface area (Å²) in [6, 6.07) is 0. The van der Waals surface area contributed by atoms with Crippen LogP contribution in [0.2, 0.25) is 0 Å². The second-order valence-electron chi connectivity index (χ2n) is 4.97. The van der Waals surface area contributed by atoms with Crippen LogP contribution in [0.1, 0.15) is 45.4 Å². The van der Waals surface area contributed by atoms with Crippen molar-refractivity contribution in [1.82, 2.24) is 0 Å². The van der Waals surface area contributed by atoms with Crippen molar-refractivity contribution in [3.05, 3.63) is 11.5 Å². The number of carbonyl (C=O) groups is 2. The summed E-state index contributed by atoms with van der Waals surface area (Å²) in [5.41, 5.74) is 0. The summed E-state index contributed by atoms with van der Waals surface area (Å²) < 4.78 is 9.40. The van der Waals surface area contributed by atoms with E-state index in [1.54, 1.807) is 0 Å². The van der Waals surface area contributed by atoms with Gasteiger partial charge in [-0.1, -0.05) is 32.6 Å². The minimum absolute atomic E-state index is 0.258. The lowest BCUT2D eigenvalue weighted by molar-refractivity contribution is -0.154. The van der Waals surface area contributed by atoms with E-state index in [1.165, 1.54) is 0 Å². The van der Waals surface area contributed by atoms with Crippen LogP contribution < -0.4 is 0 Å². The van der Waals surface area contributed by atoms with Gasteiger partial charge in [-0.05, 0) is 6.42 Å². The first-order valence-electron chi connectivity index (χ1n) is 7.14. The zero-order valence-electron chi connectivity index (χ0n) is 12.1. The standard InChI is InChI=1S/C14H22O7/c1-2-3-4-5-6-7-10(16)20-8-9(15)13-11(17)12(18)14(19)21-13/h9,13,15,17-18H,2-8H2,1H3/t9-,13+/m1/s1. The molecule has 0 spiro atoms. The quantitative estimate of drug-likeness (QED) is 0.437. The van der Waals surface area contributed by atoms with Crippen LogP contribution in [-0.4, -0.2) is 46.1 Å². The molecule has 0 aromatic rings. The lowest BCUT2D eigenvalue weighted by Gasteiger charge is -2.17. The van der Waals surface area contributed by atoms with E-state index in [0.29, 0.717) is 0 Å². The molecule has 1 aliphatic rings. The molecule has 3 N–H and O–H groups in total. The average Bonchev–Trinajstić information content (AvgIpc) is 2.72. The number of hydrogen-bond donors (Lipinski definition) is 3. The predicted molar refractivity (Wildman–Crippen MR) is 72.5 cm³/mol. The molecule has 0 saturated heterocycles. The number of hydrogen-bond acceptors (Lipinski definition) is 7. The minimum atomic E-state index is -1.41. The molecule has 0 aromatic heterocycles. The summed E-state index contributed by atoms with van der Waals surface area (Å²) in [4.78, 5) is 22.4. The van der Waals surface area contributed by atoms with Crippen LogP contribution in [0.15, 0.2) is 11.5 Å². The van der Waals surface area contributed by atoms with Gasteiger partial charge in [0.1, 0.15) is 12.7 Å². The van der Waals surface area contributed by atoms with Gasteiger partial charge in [0.25, 0.3) is 0 Å². The Morgan fingerprint density at radius 1 is 1.29 bits per heavy atom. The van der Waals surface area contributed by atoms with Crippen LogP contribution in [0.5, 0.6) is 0 Å². The summed E-state index contributed by atoms with van der Waals surface area (Å²) in [5.74, 6) is -3.24. The molecule has 0 bridgehead atoms. The molecule has 7 nitrogen and oxygen atoms in total. The molecule has 21 heavy (non-hydrogen) atoms. The highest BCUT2D eigenvalue weighted by atomic mass is 16.6. The van der Waals surface area contributed by atoms with E-state index >= 15 is 0 Å². The van der Waals surface area contributed by atoms with E-state index in [9.17, 15) is 19.8 Å². The number of ether oxygens (including phenoxy) is 2. The highest BCUT2D eigenvalue weighted by Gasteiger charge is 2.39. The fraction of sp³-hybridized carbons (Fsp3) is 0.714. The SMILES string of the molecule is CCCCCCCC(=O)OC[C@@H](O)[C@@H]1OC(=O)C(O)=C1O. The molecule has 2 atom stereocenters. The fourth-order valence-electron chi connectivity index (χ4n) is 1.94. The number of esters is 2. The zero-order valence-corrected chi connectivity index (χ0v) is 12.1. The summed E-state index contributed by atoms with van der Waals surface area (Å²) in [6.45, 7) is 1.69. The van der Waals surface area contributed by atoms with Gasteiger partial charge in [0, 0.05) is 6.42 Å². The van der Waals surface area contributed by atoms with Gasteiger partial charge in [0.15, 0.2) is 11.9 Å². The smallest absolute Gasteiger partial charge is 0.377 e. The Morgan fingerprint density at radius 3 is 2.52 bits per heavy atom. The average molecular weight is 302 g/mol. The molecule has 0 amide bonds. The Labute approximate surface area is 123 Å². The molecule has 120 valence electrons. The van der Waals surface area contributed by atoms with Crippen molar-refractivity contribution in [3.63, 3.8) is 0 Å². The molecular weight excluding hydrogens is 280 g/mol. The number of aliphatic hydroxyl groups is 3. The number of aliphatic hydroxyl groups excluding tert-OH is 3.